The van der Waals surface area contributed by atoms with Crippen LogP contribution in [0.3, 0.4) is 0 Å². The van der Waals surface area contributed by atoms with E-state index in [0.29, 0.717) is 10.0 Å². The van der Waals surface area contributed by atoms with Crippen molar-refractivity contribution in [1.29, 1.82) is 0 Å². The van der Waals surface area contributed by atoms with Gasteiger partial charge in [-0.3, -0.25) is 4.90 Å². The highest BCUT2D eigenvalue weighted by molar-refractivity contribution is 6.43. The lowest BCUT2D eigenvalue weighted by atomic mass is 10.3. The van der Waals surface area contributed by atoms with Gasteiger partial charge in [0.05, 0.1) is 15.7 Å². The van der Waals surface area contributed by atoms with Gasteiger partial charge in [0.2, 0.25) is 0 Å². The van der Waals surface area contributed by atoms with Crippen LogP contribution in [-0.4, -0.2) is 56.1 Å². The minimum atomic E-state index is 0.598. The van der Waals surface area contributed by atoms with Gasteiger partial charge in [-0.2, -0.15) is 0 Å². The highest BCUT2D eigenvalue weighted by Gasteiger charge is 2.13. The van der Waals surface area contributed by atoms with E-state index in [0.717, 1.165) is 45.0 Å². The van der Waals surface area contributed by atoms with Gasteiger partial charge in [-0.1, -0.05) is 29.3 Å². The van der Waals surface area contributed by atoms with Crippen molar-refractivity contribution in [3.63, 3.8) is 0 Å². The number of likely N-dealkylation sites (N-methyl/N-ethyl adjacent to an activating group) is 1. The number of hydrogen-bond donors (Lipinski definition) is 1. The van der Waals surface area contributed by atoms with Crippen LogP contribution in [0.2, 0.25) is 10.0 Å². The van der Waals surface area contributed by atoms with Crippen molar-refractivity contribution in [2.24, 2.45) is 0 Å². The van der Waals surface area contributed by atoms with Gasteiger partial charge in [0, 0.05) is 39.3 Å². The molecule has 0 radical (unpaired) electrons. The number of benzene rings is 1. The maximum absolute atomic E-state index is 6.12. The molecule has 0 bridgehead atoms. The summed E-state index contributed by atoms with van der Waals surface area (Å²) in [6, 6.07) is 5.67. The van der Waals surface area contributed by atoms with Gasteiger partial charge in [0.25, 0.3) is 0 Å². The van der Waals surface area contributed by atoms with Crippen LogP contribution < -0.4 is 5.32 Å². The van der Waals surface area contributed by atoms with E-state index in [1.54, 1.807) is 6.07 Å². The molecule has 1 heterocycles. The number of piperazine rings is 1. The molecule has 1 saturated heterocycles. The minimum absolute atomic E-state index is 0.598. The summed E-state index contributed by atoms with van der Waals surface area (Å²) in [6.07, 6.45) is 0. The third kappa shape index (κ3) is 3.75. The molecule has 18 heavy (non-hydrogen) atoms. The third-order valence-electron chi connectivity index (χ3n) is 3.29. The average Bonchev–Trinajstić information content (AvgIpc) is 2.37. The lowest BCUT2D eigenvalue weighted by Crippen LogP contribution is -2.45. The van der Waals surface area contributed by atoms with Crippen molar-refractivity contribution in [3.05, 3.63) is 28.2 Å². The number of hydrogen-bond acceptors (Lipinski definition) is 3. The van der Waals surface area contributed by atoms with Gasteiger partial charge in [-0.05, 0) is 19.2 Å². The van der Waals surface area contributed by atoms with Crippen LogP contribution in [0.1, 0.15) is 0 Å². The van der Waals surface area contributed by atoms with Crippen molar-refractivity contribution in [2.75, 3.05) is 51.6 Å². The summed E-state index contributed by atoms with van der Waals surface area (Å²) in [5, 5.41) is 4.55. The van der Waals surface area contributed by atoms with Gasteiger partial charge in [-0.15, -0.1) is 0 Å². The SMILES string of the molecule is CN1CCN(CCNc2cccc(Cl)c2Cl)CC1. The molecular formula is C13H19Cl2N3. The van der Waals surface area contributed by atoms with Crippen molar-refractivity contribution in [2.45, 2.75) is 0 Å². The summed E-state index contributed by atoms with van der Waals surface area (Å²) >= 11 is 12.1. The summed E-state index contributed by atoms with van der Waals surface area (Å²) in [4.78, 5) is 4.82. The second-order valence-electron chi connectivity index (χ2n) is 4.67. The Labute approximate surface area is 119 Å². The Bertz CT molecular complexity index is 390. The van der Waals surface area contributed by atoms with Crippen molar-refractivity contribution >= 4 is 28.9 Å². The molecule has 0 amide bonds. The molecule has 0 atom stereocenters. The van der Waals surface area contributed by atoms with Gasteiger partial charge in [0.1, 0.15) is 0 Å². The maximum atomic E-state index is 6.12. The zero-order valence-electron chi connectivity index (χ0n) is 10.6. The largest absolute Gasteiger partial charge is 0.383 e. The van der Waals surface area contributed by atoms with E-state index in [9.17, 15) is 0 Å². The molecule has 0 aliphatic carbocycles. The summed E-state index contributed by atoms with van der Waals surface area (Å²) in [6.45, 7) is 6.51. The molecule has 0 spiro atoms. The molecule has 0 aromatic heterocycles. The second-order valence-corrected chi connectivity index (χ2v) is 5.46. The maximum Gasteiger partial charge on any atom is 0.0823 e. The topological polar surface area (TPSA) is 18.5 Å². The summed E-state index contributed by atoms with van der Waals surface area (Å²) in [5.74, 6) is 0. The second kappa shape index (κ2) is 6.62. The standard InChI is InChI=1S/C13H19Cl2N3/c1-17-7-9-18(10-8-17)6-5-16-12-4-2-3-11(14)13(12)15/h2-4,16H,5-10H2,1H3. The Balaban J connectivity index is 1.77. The molecule has 1 aromatic carbocycles. The number of rotatable bonds is 4. The predicted octanol–water partition coefficient (Wildman–Crippen LogP) is 2.65. The summed E-state index contributed by atoms with van der Waals surface area (Å²) in [7, 11) is 2.17. The van der Waals surface area contributed by atoms with E-state index in [4.69, 9.17) is 23.2 Å². The summed E-state index contributed by atoms with van der Waals surface area (Å²) < 4.78 is 0. The smallest absolute Gasteiger partial charge is 0.0823 e. The fraction of sp³-hybridized carbons (Fsp3) is 0.538. The van der Waals surface area contributed by atoms with Crippen LogP contribution in [0.15, 0.2) is 18.2 Å². The summed E-state index contributed by atoms with van der Waals surface area (Å²) in [5.41, 5.74) is 0.915. The third-order valence-corrected chi connectivity index (χ3v) is 4.11. The fourth-order valence-electron chi connectivity index (χ4n) is 2.06. The van der Waals surface area contributed by atoms with Crippen LogP contribution in [0.25, 0.3) is 0 Å². The molecule has 1 aliphatic heterocycles. The molecule has 3 nitrogen and oxygen atoms in total. The quantitative estimate of drug-likeness (QED) is 0.919. The average molecular weight is 288 g/mol. The van der Waals surface area contributed by atoms with Gasteiger partial charge in [0.15, 0.2) is 0 Å². The molecular weight excluding hydrogens is 269 g/mol. The van der Waals surface area contributed by atoms with Crippen LogP contribution >= 0.6 is 23.2 Å². The highest BCUT2D eigenvalue weighted by Crippen LogP contribution is 2.29. The van der Waals surface area contributed by atoms with Gasteiger partial charge in [-0.25, -0.2) is 0 Å². The number of nitrogens with one attached hydrogen (secondary N) is 1. The van der Waals surface area contributed by atoms with Gasteiger partial charge >= 0.3 is 0 Å². The number of anilines is 1. The molecule has 1 aromatic rings. The number of halogens is 2. The zero-order chi connectivity index (χ0) is 13.0. The van der Waals surface area contributed by atoms with Crippen molar-refractivity contribution in [1.82, 2.24) is 9.80 Å². The van der Waals surface area contributed by atoms with E-state index in [1.807, 2.05) is 12.1 Å². The lowest BCUT2D eigenvalue weighted by Gasteiger charge is -2.32. The van der Waals surface area contributed by atoms with E-state index in [-0.39, 0.29) is 0 Å². The first-order chi connectivity index (χ1) is 8.66. The minimum Gasteiger partial charge on any atom is -0.383 e. The van der Waals surface area contributed by atoms with E-state index < -0.39 is 0 Å². The van der Waals surface area contributed by atoms with Crippen LogP contribution in [-0.2, 0) is 0 Å². The Morgan fingerprint density at radius 1 is 1.17 bits per heavy atom. The Morgan fingerprint density at radius 3 is 2.61 bits per heavy atom. The van der Waals surface area contributed by atoms with Crippen molar-refractivity contribution < 1.29 is 0 Å². The Hall–Kier alpha value is -0.480. The van der Waals surface area contributed by atoms with E-state index in [1.165, 1.54) is 0 Å². The Morgan fingerprint density at radius 2 is 1.89 bits per heavy atom. The molecule has 2 rings (SSSR count). The van der Waals surface area contributed by atoms with E-state index in [2.05, 4.69) is 22.2 Å². The van der Waals surface area contributed by atoms with Crippen molar-refractivity contribution in [3.8, 4) is 0 Å². The van der Waals surface area contributed by atoms with Crippen LogP contribution in [0, 0.1) is 0 Å². The first-order valence-electron chi connectivity index (χ1n) is 6.25. The fourth-order valence-corrected chi connectivity index (χ4v) is 2.43. The molecule has 100 valence electrons. The predicted molar refractivity (Wildman–Crippen MR) is 78.9 cm³/mol. The first kappa shape index (κ1) is 13.9. The first-order valence-corrected chi connectivity index (χ1v) is 7.01. The molecule has 1 aliphatic rings. The zero-order valence-corrected chi connectivity index (χ0v) is 12.1. The highest BCUT2D eigenvalue weighted by atomic mass is 35.5. The Kier molecular flexibility index (Phi) is 5.13. The molecule has 0 saturated carbocycles. The van der Waals surface area contributed by atoms with Crippen LogP contribution in [0.5, 0.6) is 0 Å². The van der Waals surface area contributed by atoms with E-state index >= 15 is 0 Å². The molecule has 1 fully saturated rings. The molecule has 5 heteroatoms. The lowest BCUT2D eigenvalue weighted by molar-refractivity contribution is 0.158. The normalized spacial score (nSPS) is 17.9. The van der Waals surface area contributed by atoms with Crippen LogP contribution in [0.4, 0.5) is 5.69 Å². The molecule has 0 unspecified atom stereocenters. The number of nitrogens with zero attached hydrogens (tertiary/aromatic N) is 2. The monoisotopic (exact) mass is 287 g/mol. The molecule has 1 N–H and O–H groups in total. The van der Waals surface area contributed by atoms with Gasteiger partial charge < -0.3 is 10.2 Å².